The number of aliphatic hydroxyl groups is 1. The van der Waals surface area contributed by atoms with Gasteiger partial charge in [0, 0.05) is 60.9 Å². The topological polar surface area (TPSA) is 112 Å². The summed E-state index contributed by atoms with van der Waals surface area (Å²) < 4.78 is 101. The van der Waals surface area contributed by atoms with Crippen molar-refractivity contribution >= 4 is 22.4 Å². The Balaban J connectivity index is 1.05. The number of tetrazole rings is 1. The van der Waals surface area contributed by atoms with Crippen LogP contribution in [0.15, 0.2) is 85.3 Å². The number of aromatic nitrogens is 7. The van der Waals surface area contributed by atoms with E-state index in [1.54, 1.807) is 18.2 Å². The molecule has 50 heavy (non-hydrogen) atoms. The van der Waals surface area contributed by atoms with Gasteiger partial charge in [-0.3, -0.25) is 4.98 Å². The number of halogens is 7. The number of nitrogens with one attached hydrogen (secondary N) is 1. The Kier molecular flexibility index (Phi) is 8.16. The lowest BCUT2D eigenvalue weighted by Gasteiger charge is -2.37. The molecule has 0 bridgehead atoms. The molecule has 3 aromatic carbocycles. The highest BCUT2D eigenvalue weighted by Crippen LogP contribution is 2.47. The lowest BCUT2D eigenvalue weighted by atomic mass is 9.84. The number of aromatic amines is 1. The number of pyridine rings is 1. The van der Waals surface area contributed by atoms with Crippen LogP contribution < -0.4 is 9.80 Å². The summed E-state index contributed by atoms with van der Waals surface area (Å²) in [6.07, 6.45) is -2.37. The molecule has 1 aliphatic rings. The number of benzene rings is 3. The normalized spacial score (nSPS) is 15.4. The molecule has 0 unspecified atom stereocenters. The lowest BCUT2D eigenvalue weighted by molar-refractivity contribution is -0.207. The van der Waals surface area contributed by atoms with E-state index < -0.39 is 53.0 Å². The van der Waals surface area contributed by atoms with Crippen molar-refractivity contribution in [2.75, 3.05) is 36.0 Å². The molecule has 4 heterocycles. The number of imidazole rings is 1. The molecule has 3 aromatic heterocycles. The van der Waals surface area contributed by atoms with Crippen LogP contribution >= 0.6 is 0 Å². The third kappa shape index (κ3) is 6.08. The van der Waals surface area contributed by atoms with Crippen molar-refractivity contribution in [2.24, 2.45) is 0 Å². The number of nitrogens with zero attached hydrogens (tertiary/aromatic N) is 8. The number of H-pyrrole nitrogens is 1. The molecule has 17 heteroatoms. The van der Waals surface area contributed by atoms with Crippen LogP contribution in [-0.4, -0.2) is 66.4 Å². The van der Waals surface area contributed by atoms with E-state index in [2.05, 4.69) is 40.3 Å². The van der Waals surface area contributed by atoms with E-state index in [0.717, 1.165) is 40.6 Å². The Morgan fingerprint density at radius 1 is 0.780 bits per heavy atom. The van der Waals surface area contributed by atoms with Crippen LogP contribution in [0.25, 0.3) is 22.2 Å². The number of piperazine rings is 1. The average Bonchev–Trinajstić information content (AvgIpc) is 3.78. The first kappa shape index (κ1) is 32.9. The maximum absolute atomic E-state index is 16.1. The molecule has 7 rings (SSSR count). The number of fused-ring (bicyclic) bond motifs is 1. The van der Waals surface area contributed by atoms with Gasteiger partial charge in [-0.05, 0) is 64.5 Å². The first-order valence-electron chi connectivity index (χ1n) is 15.2. The van der Waals surface area contributed by atoms with Crippen molar-refractivity contribution in [1.82, 2.24) is 35.2 Å². The first-order chi connectivity index (χ1) is 23.8. The molecule has 0 spiro atoms. The molecule has 258 valence electrons. The molecular weight excluding hydrogens is 671 g/mol. The van der Waals surface area contributed by atoms with Crippen LogP contribution in [0.4, 0.5) is 42.1 Å². The zero-order valence-corrected chi connectivity index (χ0v) is 25.8. The van der Waals surface area contributed by atoms with E-state index in [0.29, 0.717) is 48.9 Å². The monoisotopic (exact) mass is 697 g/mol. The van der Waals surface area contributed by atoms with Gasteiger partial charge in [0.1, 0.15) is 23.7 Å². The predicted octanol–water partition coefficient (Wildman–Crippen LogP) is 5.91. The second kappa shape index (κ2) is 12.4. The van der Waals surface area contributed by atoms with Crippen LogP contribution in [0.2, 0.25) is 0 Å². The smallest absolute Gasteiger partial charge is 0.377 e. The van der Waals surface area contributed by atoms with Crippen molar-refractivity contribution < 1.29 is 35.8 Å². The number of alkyl halides is 5. The molecule has 1 fully saturated rings. The van der Waals surface area contributed by atoms with E-state index >= 15 is 8.78 Å². The third-order valence-electron chi connectivity index (χ3n) is 8.71. The van der Waals surface area contributed by atoms with Gasteiger partial charge in [-0.2, -0.15) is 22.0 Å². The van der Waals surface area contributed by atoms with E-state index in [-0.39, 0.29) is 5.52 Å². The Labute approximate surface area is 278 Å². The fourth-order valence-electron chi connectivity index (χ4n) is 6.04. The molecule has 1 aliphatic heterocycles. The molecule has 0 saturated carbocycles. The van der Waals surface area contributed by atoms with Gasteiger partial charge < -0.3 is 19.9 Å². The minimum Gasteiger partial charge on any atom is -0.377 e. The third-order valence-corrected chi connectivity index (χ3v) is 8.71. The van der Waals surface area contributed by atoms with Crippen LogP contribution in [0.5, 0.6) is 0 Å². The van der Waals surface area contributed by atoms with Crippen molar-refractivity contribution in [3.05, 3.63) is 114 Å². The Bertz CT molecular complexity index is 2110. The second-order valence-corrected chi connectivity index (χ2v) is 11.8. The standard InChI is InChI=1S/C33H26F7N9O/c34-22-4-8-25(26(35)15-22)31(50,18-49-19-42-45-46-49)32(36,37)29-10-3-21(17-41-29)20-1-5-23(6-2-20)47-11-13-48(14-12-47)24-7-9-27-28(16-24)44-30(43-27)33(38,39)40/h1-10,15-17,19,50H,11-14,18H2,(H,43,44)/t31-/m0/s1. The second-order valence-electron chi connectivity index (χ2n) is 11.8. The Morgan fingerprint density at radius 3 is 2.08 bits per heavy atom. The molecule has 10 nitrogen and oxygen atoms in total. The lowest BCUT2D eigenvalue weighted by Crippen LogP contribution is -2.48. The van der Waals surface area contributed by atoms with Gasteiger partial charge in [0.2, 0.25) is 5.82 Å². The predicted molar refractivity (Wildman–Crippen MR) is 167 cm³/mol. The van der Waals surface area contributed by atoms with Crippen molar-refractivity contribution in [3.63, 3.8) is 0 Å². The maximum Gasteiger partial charge on any atom is 0.449 e. The Morgan fingerprint density at radius 2 is 1.46 bits per heavy atom. The maximum atomic E-state index is 16.1. The van der Waals surface area contributed by atoms with Crippen molar-refractivity contribution in [1.29, 1.82) is 0 Å². The molecule has 0 amide bonds. The molecule has 6 aromatic rings. The summed E-state index contributed by atoms with van der Waals surface area (Å²) in [6.45, 7) is 1.56. The number of anilines is 2. The summed E-state index contributed by atoms with van der Waals surface area (Å²) in [6, 6.07) is 16.7. The largest absolute Gasteiger partial charge is 0.449 e. The average molecular weight is 698 g/mol. The molecule has 0 radical (unpaired) electrons. The van der Waals surface area contributed by atoms with Crippen molar-refractivity contribution in [2.45, 2.75) is 24.2 Å². The zero-order valence-electron chi connectivity index (χ0n) is 25.8. The highest BCUT2D eigenvalue weighted by atomic mass is 19.4. The van der Waals surface area contributed by atoms with Gasteiger partial charge >= 0.3 is 12.1 Å². The van der Waals surface area contributed by atoms with E-state index in [1.807, 2.05) is 24.3 Å². The number of hydrogen-bond donors (Lipinski definition) is 2. The van der Waals surface area contributed by atoms with Gasteiger partial charge in [0.25, 0.3) is 0 Å². The van der Waals surface area contributed by atoms with Crippen LogP contribution in [0.1, 0.15) is 17.1 Å². The molecule has 0 aliphatic carbocycles. The summed E-state index contributed by atoms with van der Waals surface area (Å²) in [5.41, 5.74) is -1.55. The highest BCUT2D eigenvalue weighted by molar-refractivity contribution is 5.80. The summed E-state index contributed by atoms with van der Waals surface area (Å²) in [5, 5.41) is 21.6. The molecular formula is C33H26F7N9O. The van der Waals surface area contributed by atoms with Gasteiger partial charge in [-0.25, -0.2) is 18.4 Å². The number of rotatable bonds is 8. The van der Waals surface area contributed by atoms with Gasteiger partial charge in [0.15, 0.2) is 5.60 Å². The minimum atomic E-state index is -4.56. The van der Waals surface area contributed by atoms with Gasteiger partial charge in [0.05, 0.1) is 17.6 Å². The summed E-state index contributed by atoms with van der Waals surface area (Å²) in [4.78, 5) is 14.1. The fraction of sp³-hybridized carbons (Fsp3) is 0.242. The van der Waals surface area contributed by atoms with E-state index in [1.165, 1.54) is 12.3 Å². The SMILES string of the molecule is O[C@@](Cn1cnnn1)(c1ccc(F)cc1F)C(F)(F)c1ccc(-c2ccc(N3CCN(c4ccc5nc(C(F)(F)F)[nH]c5c4)CC3)cc2)cn1. The molecule has 1 atom stereocenters. The summed E-state index contributed by atoms with van der Waals surface area (Å²) in [7, 11) is 0. The first-order valence-corrected chi connectivity index (χ1v) is 15.2. The van der Waals surface area contributed by atoms with Crippen LogP contribution in [0.3, 0.4) is 0 Å². The Hall–Kier alpha value is -5.58. The van der Waals surface area contributed by atoms with E-state index in [4.69, 9.17) is 0 Å². The molecule has 2 N–H and O–H groups in total. The van der Waals surface area contributed by atoms with E-state index in [9.17, 15) is 27.1 Å². The fourth-order valence-corrected chi connectivity index (χ4v) is 6.04. The molecule has 1 saturated heterocycles. The quantitative estimate of drug-likeness (QED) is 0.189. The van der Waals surface area contributed by atoms with Crippen molar-refractivity contribution in [3.8, 4) is 11.1 Å². The van der Waals surface area contributed by atoms with Gasteiger partial charge in [-0.15, -0.1) is 5.10 Å². The van der Waals surface area contributed by atoms with Crippen LogP contribution in [0, 0.1) is 11.6 Å². The van der Waals surface area contributed by atoms with Gasteiger partial charge in [-0.1, -0.05) is 18.2 Å². The minimum absolute atomic E-state index is 0.237. The number of hydrogen-bond acceptors (Lipinski definition) is 8. The summed E-state index contributed by atoms with van der Waals surface area (Å²) >= 11 is 0. The summed E-state index contributed by atoms with van der Waals surface area (Å²) in [5.74, 6) is -7.60. The van der Waals surface area contributed by atoms with Crippen LogP contribution in [-0.2, 0) is 24.2 Å². The highest BCUT2D eigenvalue weighted by Gasteiger charge is 2.58. The zero-order chi connectivity index (χ0) is 35.3.